The van der Waals surface area contributed by atoms with Crippen molar-refractivity contribution in [2.75, 3.05) is 7.11 Å². The van der Waals surface area contributed by atoms with E-state index in [9.17, 15) is 4.79 Å². The monoisotopic (exact) mass is 255 g/mol. The maximum Gasteiger partial charge on any atom is 0.183 e. The van der Waals surface area contributed by atoms with Crippen molar-refractivity contribution in [2.45, 2.75) is 32.2 Å². The van der Waals surface area contributed by atoms with E-state index in [1.54, 1.807) is 18.2 Å². The Morgan fingerprint density at radius 3 is 2.82 bits per heavy atom. The van der Waals surface area contributed by atoms with Crippen molar-refractivity contribution in [3.8, 4) is 5.75 Å². The van der Waals surface area contributed by atoms with Crippen LogP contribution >= 0.6 is 11.6 Å². The highest BCUT2D eigenvalue weighted by atomic mass is 35.5. The molecular weight excluding hydrogens is 238 g/mol. The third-order valence-corrected chi connectivity index (χ3v) is 2.87. The highest BCUT2D eigenvalue weighted by Gasteiger charge is 2.19. The van der Waals surface area contributed by atoms with E-state index >= 15 is 0 Å². The summed E-state index contributed by atoms with van der Waals surface area (Å²) in [5.74, 6) is 0.407. The summed E-state index contributed by atoms with van der Waals surface area (Å²) < 4.78 is 5.14. The second-order valence-corrected chi connectivity index (χ2v) is 4.39. The van der Waals surface area contributed by atoms with E-state index < -0.39 is 6.04 Å². The van der Waals surface area contributed by atoms with Crippen molar-refractivity contribution in [3.05, 3.63) is 28.8 Å². The molecule has 17 heavy (non-hydrogen) atoms. The summed E-state index contributed by atoms with van der Waals surface area (Å²) >= 11 is 5.88. The van der Waals surface area contributed by atoms with Crippen LogP contribution in [-0.2, 0) is 0 Å². The molecular formula is C13H18ClNO2. The number of halogens is 1. The average Bonchev–Trinajstić information content (AvgIpc) is 2.34. The molecule has 0 aromatic heterocycles. The van der Waals surface area contributed by atoms with Gasteiger partial charge in [-0.05, 0) is 24.6 Å². The lowest BCUT2D eigenvalue weighted by atomic mass is 9.99. The van der Waals surface area contributed by atoms with Crippen molar-refractivity contribution in [2.24, 2.45) is 5.73 Å². The minimum absolute atomic E-state index is 0.113. The van der Waals surface area contributed by atoms with E-state index in [4.69, 9.17) is 22.1 Å². The minimum atomic E-state index is -0.484. The fourth-order valence-corrected chi connectivity index (χ4v) is 1.80. The van der Waals surface area contributed by atoms with Gasteiger partial charge in [0.25, 0.3) is 0 Å². The predicted molar refractivity (Wildman–Crippen MR) is 69.8 cm³/mol. The summed E-state index contributed by atoms with van der Waals surface area (Å²) in [4.78, 5) is 12.1. The van der Waals surface area contributed by atoms with Crippen LogP contribution in [-0.4, -0.2) is 18.9 Å². The van der Waals surface area contributed by atoms with E-state index in [2.05, 4.69) is 6.92 Å². The topological polar surface area (TPSA) is 52.3 Å². The number of methoxy groups -OCH3 is 1. The molecule has 0 aliphatic heterocycles. The lowest BCUT2D eigenvalue weighted by Gasteiger charge is -2.13. The number of ether oxygens (including phenoxy) is 1. The third kappa shape index (κ3) is 3.72. The normalized spacial score (nSPS) is 12.2. The Hall–Kier alpha value is -1.06. The van der Waals surface area contributed by atoms with Gasteiger partial charge in [-0.1, -0.05) is 31.4 Å². The number of hydrogen-bond donors (Lipinski definition) is 1. The van der Waals surface area contributed by atoms with E-state index in [1.165, 1.54) is 7.11 Å². The molecule has 1 unspecified atom stereocenters. The van der Waals surface area contributed by atoms with Gasteiger partial charge in [0, 0.05) is 5.02 Å². The molecule has 0 heterocycles. The summed E-state index contributed by atoms with van der Waals surface area (Å²) in [6.07, 6.45) is 2.65. The van der Waals surface area contributed by atoms with Crippen LogP contribution in [0.4, 0.5) is 0 Å². The standard InChI is InChI=1S/C13H18ClNO2/c1-3-4-5-11(15)13(16)10-8-9(14)6-7-12(10)17-2/h6-8,11H,3-5,15H2,1-2H3. The molecule has 1 rings (SSSR count). The first-order valence-corrected chi connectivity index (χ1v) is 6.11. The van der Waals surface area contributed by atoms with Crippen molar-refractivity contribution in [1.29, 1.82) is 0 Å². The average molecular weight is 256 g/mol. The number of benzene rings is 1. The molecule has 0 aliphatic carbocycles. The summed E-state index contributed by atoms with van der Waals surface area (Å²) in [6.45, 7) is 2.07. The molecule has 1 atom stereocenters. The highest BCUT2D eigenvalue weighted by molar-refractivity contribution is 6.31. The Morgan fingerprint density at radius 2 is 2.24 bits per heavy atom. The molecule has 0 spiro atoms. The SMILES string of the molecule is CCCCC(N)C(=O)c1cc(Cl)ccc1OC. The minimum Gasteiger partial charge on any atom is -0.496 e. The molecule has 0 saturated heterocycles. The van der Waals surface area contributed by atoms with Crippen LogP contribution in [0.3, 0.4) is 0 Å². The van der Waals surface area contributed by atoms with Crippen LogP contribution in [0.25, 0.3) is 0 Å². The second kappa shape index (κ2) is 6.62. The maximum absolute atomic E-state index is 12.1. The number of rotatable bonds is 6. The molecule has 0 radical (unpaired) electrons. The third-order valence-electron chi connectivity index (χ3n) is 2.63. The number of unbranched alkanes of at least 4 members (excludes halogenated alkanes) is 1. The van der Waals surface area contributed by atoms with Crippen molar-refractivity contribution in [1.82, 2.24) is 0 Å². The Kier molecular flexibility index (Phi) is 5.45. The van der Waals surface area contributed by atoms with Crippen molar-refractivity contribution in [3.63, 3.8) is 0 Å². The van der Waals surface area contributed by atoms with Gasteiger partial charge in [0.1, 0.15) is 5.75 Å². The first-order valence-electron chi connectivity index (χ1n) is 5.73. The molecule has 0 aliphatic rings. The van der Waals surface area contributed by atoms with Gasteiger partial charge >= 0.3 is 0 Å². The fourth-order valence-electron chi connectivity index (χ4n) is 1.63. The van der Waals surface area contributed by atoms with Crippen molar-refractivity contribution >= 4 is 17.4 Å². The van der Waals surface area contributed by atoms with Crippen molar-refractivity contribution < 1.29 is 9.53 Å². The molecule has 0 amide bonds. The van der Waals surface area contributed by atoms with Crippen LogP contribution in [0, 0.1) is 0 Å². The van der Waals surface area contributed by atoms with Gasteiger partial charge in [0.2, 0.25) is 0 Å². The Morgan fingerprint density at radius 1 is 1.53 bits per heavy atom. The van der Waals surface area contributed by atoms with Gasteiger partial charge in [-0.25, -0.2) is 0 Å². The van der Waals surface area contributed by atoms with Gasteiger partial charge in [-0.2, -0.15) is 0 Å². The molecule has 4 heteroatoms. The van der Waals surface area contributed by atoms with E-state index in [0.29, 0.717) is 22.8 Å². The summed E-state index contributed by atoms with van der Waals surface area (Å²) in [5, 5.41) is 0.511. The van der Waals surface area contributed by atoms with Crippen LogP contribution in [0.5, 0.6) is 5.75 Å². The first kappa shape index (κ1) is 14.0. The number of carbonyl (C=O) groups excluding carboxylic acids is 1. The van der Waals surface area contributed by atoms with Crippen LogP contribution in [0.1, 0.15) is 36.5 Å². The molecule has 3 nitrogen and oxygen atoms in total. The van der Waals surface area contributed by atoms with Gasteiger partial charge in [0.05, 0.1) is 18.7 Å². The van der Waals surface area contributed by atoms with Crippen LogP contribution in [0.15, 0.2) is 18.2 Å². The largest absolute Gasteiger partial charge is 0.496 e. The molecule has 2 N–H and O–H groups in total. The van der Waals surface area contributed by atoms with Gasteiger partial charge in [-0.3, -0.25) is 4.79 Å². The Balaban J connectivity index is 2.90. The predicted octanol–water partition coefficient (Wildman–Crippen LogP) is 3.05. The summed E-state index contributed by atoms with van der Waals surface area (Å²) in [5.41, 5.74) is 6.32. The number of hydrogen-bond acceptors (Lipinski definition) is 3. The molecule has 0 fully saturated rings. The number of nitrogens with two attached hydrogens (primary N) is 1. The molecule has 0 bridgehead atoms. The van der Waals surface area contributed by atoms with E-state index in [1.807, 2.05) is 0 Å². The molecule has 0 saturated carbocycles. The van der Waals surface area contributed by atoms with Crippen LogP contribution < -0.4 is 10.5 Å². The Bertz CT molecular complexity index is 393. The zero-order chi connectivity index (χ0) is 12.8. The summed E-state index contributed by atoms with van der Waals surface area (Å²) in [7, 11) is 1.53. The number of carbonyl (C=O) groups is 1. The van der Waals surface area contributed by atoms with Gasteiger partial charge in [0.15, 0.2) is 5.78 Å². The second-order valence-electron chi connectivity index (χ2n) is 3.96. The van der Waals surface area contributed by atoms with E-state index in [0.717, 1.165) is 12.8 Å². The smallest absolute Gasteiger partial charge is 0.183 e. The molecule has 94 valence electrons. The lowest BCUT2D eigenvalue weighted by molar-refractivity contribution is 0.0953. The first-order chi connectivity index (χ1) is 8.10. The zero-order valence-electron chi connectivity index (χ0n) is 10.2. The maximum atomic E-state index is 12.1. The number of ketones is 1. The quantitative estimate of drug-likeness (QED) is 0.795. The summed E-state index contributed by atoms with van der Waals surface area (Å²) in [6, 6.07) is 4.49. The van der Waals surface area contributed by atoms with Crippen LogP contribution in [0.2, 0.25) is 5.02 Å². The van der Waals surface area contributed by atoms with Gasteiger partial charge < -0.3 is 10.5 Å². The highest BCUT2D eigenvalue weighted by Crippen LogP contribution is 2.24. The lowest BCUT2D eigenvalue weighted by Crippen LogP contribution is -2.30. The van der Waals surface area contributed by atoms with E-state index in [-0.39, 0.29) is 5.78 Å². The molecule has 1 aromatic carbocycles. The zero-order valence-corrected chi connectivity index (χ0v) is 11.0. The fraction of sp³-hybridized carbons (Fsp3) is 0.462. The Labute approximate surface area is 107 Å². The molecule has 1 aromatic rings. The van der Waals surface area contributed by atoms with Gasteiger partial charge in [-0.15, -0.1) is 0 Å². The number of Topliss-reactive ketones (excluding diaryl/α,β-unsaturated/α-hetero) is 1.